The molecule has 0 unspecified atom stereocenters. The molecular weight excluding hydrogens is 1580 g/mol. The van der Waals surface area contributed by atoms with Crippen LogP contribution in [0.15, 0.2) is 43.6 Å². The third kappa shape index (κ3) is 110. The van der Waals surface area contributed by atoms with Gasteiger partial charge in [-0.25, -0.2) is 9.59 Å². The lowest BCUT2D eigenvalue weighted by molar-refractivity contribution is -0.136. The van der Waals surface area contributed by atoms with Crippen LogP contribution in [0.1, 0.15) is 478 Å². The Morgan fingerprint density at radius 2 is 0.627 bits per heavy atom. The SMILES string of the molecule is C#CCCCCCCCCCCCC.C#CCCCCCCCCCCCC.CCCCCCCCCCCC/C(I)=C/C(=O)NC.CCCCCCCCCCCC/C(I)=C/C(=O)NCc1ccc(OC)cc1.CCCCCCCCCCCCC#CC(=O)O.CCCCCCCCCCCCC#CC(=O)OCC. The van der Waals surface area contributed by atoms with Gasteiger partial charge in [-0.05, 0) is 128 Å². The molecule has 1 aromatic carbocycles. The van der Waals surface area contributed by atoms with Crippen molar-refractivity contribution in [1.29, 1.82) is 0 Å². The first kappa shape index (κ1) is 115. The second-order valence-electron chi connectivity index (χ2n) is 30.0. The number of amides is 2. The summed E-state index contributed by atoms with van der Waals surface area (Å²) in [5, 5.41) is 13.9. The Kier molecular flexibility index (Phi) is 110. The number of hydrogen-bond acceptors (Lipinski definition) is 6. The number of aliphatic carboxylic acids is 1. The minimum atomic E-state index is -1.02. The van der Waals surface area contributed by atoms with Crippen molar-refractivity contribution in [3.63, 3.8) is 0 Å². The van der Waals surface area contributed by atoms with Crippen molar-refractivity contribution in [2.75, 3.05) is 20.8 Å². The molecule has 110 heavy (non-hydrogen) atoms. The lowest BCUT2D eigenvalue weighted by Crippen LogP contribution is -2.20. The molecule has 0 aliphatic rings. The van der Waals surface area contributed by atoms with Crippen LogP contribution in [0.2, 0.25) is 0 Å². The predicted octanol–water partition coefficient (Wildman–Crippen LogP) is 31.4. The van der Waals surface area contributed by atoms with Gasteiger partial charge in [0.05, 0.1) is 13.7 Å². The van der Waals surface area contributed by atoms with Crippen LogP contribution in [0.4, 0.5) is 0 Å². The molecule has 0 saturated heterocycles. The van der Waals surface area contributed by atoms with Crippen molar-refractivity contribution in [2.24, 2.45) is 0 Å². The van der Waals surface area contributed by atoms with E-state index in [0.29, 0.717) is 13.2 Å². The Morgan fingerprint density at radius 1 is 0.373 bits per heavy atom. The molecular formula is C99H174I2N2O7. The van der Waals surface area contributed by atoms with Crippen LogP contribution in [-0.4, -0.2) is 49.6 Å². The summed E-state index contributed by atoms with van der Waals surface area (Å²) < 4.78 is 12.2. The fourth-order valence-electron chi connectivity index (χ4n) is 12.3. The van der Waals surface area contributed by atoms with Crippen LogP contribution in [-0.2, 0) is 30.5 Å². The van der Waals surface area contributed by atoms with Crippen molar-refractivity contribution < 1.29 is 33.8 Å². The number of terminal acetylenes is 2. The van der Waals surface area contributed by atoms with E-state index < -0.39 is 11.9 Å². The van der Waals surface area contributed by atoms with E-state index in [2.05, 4.69) is 133 Å². The summed E-state index contributed by atoms with van der Waals surface area (Å²) in [4.78, 5) is 44.2. The smallest absolute Gasteiger partial charge is 0.384 e. The number of ether oxygens (including phenoxy) is 2. The molecule has 11 heteroatoms. The van der Waals surface area contributed by atoms with Crippen molar-refractivity contribution in [1.82, 2.24) is 10.6 Å². The Labute approximate surface area is 710 Å². The first-order valence-corrected chi connectivity index (χ1v) is 48.0. The number of rotatable bonds is 68. The normalized spacial score (nSPS) is 10.6. The van der Waals surface area contributed by atoms with Gasteiger partial charge in [-0.1, -0.05) is 412 Å². The van der Waals surface area contributed by atoms with E-state index in [1.165, 1.54) is 372 Å². The first-order chi connectivity index (χ1) is 53.8. The van der Waals surface area contributed by atoms with Crippen molar-refractivity contribution in [3.8, 4) is 54.1 Å². The number of likely N-dealkylation sites (N-methyl/N-ethyl adjacent to an activating group) is 1. The van der Waals surface area contributed by atoms with Gasteiger partial charge in [-0.15, -0.1) is 24.7 Å². The first-order valence-electron chi connectivity index (χ1n) is 45.9. The Hall–Kier alpha value is -3.92. The van der Waals surface area contributed by atoms with E-state index in [4.69, 9.17) is 27.4 Å². The van der Waals surface area contributed by atoms with E-state index in [1.807, 2.05) is 24.3 Å². The molecule has 0 spiro atoms. The van der Waals surface area contributed by atoms with E-state index >= 15 is 0 Å². The van der Waals surface area contributed by atoms with Gasteiger partial charge < -0.3 is 25.2 Å². The third-order valence-corrected chi connectivity index (χ3v) is 21.0. The number of carbonyl (C=O) groups excluding carboxylic acids is 3. The Balaban J connectivity index is -0.000000407. The van der Waals surface area contributed by atoms with Crippen LogP contribution in [0.5, 0.6) is 5.75 Å². The summed E-state index contributed by atoms with van der Waals surface area (Å²) in [6.07, 6.45) is 100. The van der Waals surface area contributed by atoms with Crippen LogP contribution < -0.4 is 15.4 Å². The summed E-state index contributed by atoms with van der Waals surface area (Å²) in [5.74, 6) is 15.0. The number of benzene rings is 1. The highest BCUT2D eigenvalue weighted by Crippen LogP contribution is 2.21. The Morgan fingerprint density at radius 3 is 0.882 bits per heavy atom. The molecule has 0 aliphatic carbocycles. The maximum atomic E-state index is 12.0. The molecule has 636 valence electrons. The zero-order chi connectivity index (χ0) is 82.0. The average Bonchev–Trinajstić information content (AvgIpc) is 0.915. The van der Waals surface area contributed by atoms with Gasteiger partial charge in [0.2, 0.25) is 11.8 Å². The van der Waals surface area contributed by atoms with Crippen LogP contribution in [0, 0.1) is 48.4 Å². The van der Waals surface area contributed by atoms with Crippen LogP contribution >= 0.6 is 45.2 Å². The van der Waals surface area contributed by atoms with Gasteiger partial charge in [0.1, 0.15) is 5.75 Å². The molecule has 0 radical (unpaired) electrons. The molecule has 1 rings (SSSR count). The van der Waals surface area contributed by atoms with Crippen LogP contribution in [0.3, 0.4) is 0 Å². The molecule has 1 aromatic rings. The molecule has 0 atom stereocenters. The largest absolute Gasteiger partial charge is 0.497 e. The number of methoxy groups -OCH3 is 1. The molecule has 9 nitrogen and oxygen atoms in total. The van der Waals surface area contributed by atoms with Gasteiger partial charge in [-0.3, -0.25) is 9.59 Å². The average molecular weight is 1760 g/mol. The van der Waals surface area contributed by atoms with Gasteiger partial charge >= 0.3 is 11.9 Å². The quantitative estimate of drug-likeness (QED) is 0.0148. The predicted molar refractivity (Wildman–Crippen MR) is 499 cm³/mol. The minimum Gasteiger partial charge on any atom is -0.497 e. The molecule has 0 aromatic heterocycles. The van der Waals surface area contributed by atoms with Crippen LogP contribution in [0.25, 0.3) is 0 Å². The fourth-order valence-corrected chi connectivity index (χ4v) is 13.6. The number of carbonyl (C=O) groups is 4. The van der Waals surface area contributed by atoms with E-state index in [1.54, 1.807) is 33.2 Å². The maximum Gasteiger partial charge on any atom is 0.384 e. The second kappa shape index (κ2) is 105. The molecule has 0 fully saturated rings. The van der Waals surface area contributed by atoms with E-state index in [9.17, 15) is 19.2 Å². The Bertz CT molecular complexity index is 2330. The van der Waals surface area contributed by atoms with Crippen molar-refractivity contribution >= 4 is 68.9 Å². The number of halogens is 2. The van der Waals surface area contributed by atoms with Crippen molar-refractivity contribution in [3.05, 3.63) is 49.1 Å². The number of allylic oxidation sites excluding steroid dienone is 2. The third-order valence-electron chi connectivity index (χ3n) is 19.3. The number of carboxylic acids is 1. The standard InChI is InChI=1S/C23H36INO2.C17H30O2.C16H30INO.C15H26O2.2C14H26/c1-3-4-5-6-7-8-9-10-11-12-13-21(24)18-23(26)25-19-20-14-16-22(27-2)17-15-20;1-3-5-6-7-8-9-10-11-12-13-14-15-16-17(18)19-4-2;1-3-4-5-6-7-8-9-10-11-12-13-15(17)14-16(19)18-2;1-2-3-4-5-6-7-8-9-10-11-12-13-14-15(16)17;2*1-3-5-7-9-11-13-14-12-10-8-6-4-2/h14-18H,3-13,19H2,1-2H3,(H,25,26);3-14H2,1-2H3;14H,3-13H2,1-2H3,(H,18,19);2-12H2,1H3,(H,16,17);2*1H,4-14H2,2H3/b21-18-;;15-14-;;;. The molecule has 0 aliphatic heterocycles. The van der Waals surface area contributed by atoms with Gasteiger partial charge in [0.25, 0.3) is 0 Å². The molecule has 0 heterocycles. The van der Waals surface area contributed by atoms with Gasteiger partial charge in [0, 0.05) is 63.3 Å². The number of unbranched alkanes of at least 4 members (excludes halogenated alkanes) is 58. The fraction of sp³-hybridized carbons (Fsp3) is 0.778. The van der Waals surface area contributed by atoms with Gasteiger partial charge in [-0.2, -0.15) is 0 Å². The summed E-state index contributed by atoms with van der Waals surface area (Å²) >= 11 is 4.56. The summed E-state index contributed by atoms with van der Waals surface area (Å²) in [6.45, 7) is 16.3. The number of nitrogens with one attached hydrogen (secondary N) is 2. The number of carboxylic acid groups (broad SMARTS) is 1. The molecule has 0 bridgehead atoms. The summed E-state index contributed by atoms with van der Waals surface area (Å²) in [7, 11) is 3.32. The lowest BCUT2D eigenvalue weighted by atomic mass is 10.1. The maximum absolute atomic E-state index is 12.0. The highest BCUT2D eigenvalue weighted by atomic mass is 127. The second-order valence-corrected chi connectivity index (χ2v) is 32.8. The summed E-state index contributed by atoms with van der Waals surface area (Å²) in [6, 6.07) is 7.76. The minimum absolute atomic E-state index is 0.0106. The topological polar surface area (TPSA) is 131 Å². The highest BCUT2D eigenvalue weighted by molar-refractivity contribution is 14.1. The highest BCUT2D eigenvalue weighted by Gasteiger charge is 2.04. The summed E-state index contributed by atoms with van der Waals surface area (Å²) in [5.41, 5.74) is 1.07. The van der Waals surface area contributed by atoms with E-state index in [-0.39, 0.29) is 11.8 Å². The monoisotopic (exact) mass is 1760 g/mol. The molecule has 0 saturated carbocycles. The zero-order valence-corrected chi connectivity index (χ0v) is 77.7. The zero-order valence-electron chi connectivity index (χ0n) is 73.4. The molecule has 2 amide bonds. The number of esters is 1. The number of hydrogen-bond donors (Lipinski definition) is 3. The van der Waals surface area contributed by atoms with Gasteiger partial charge in [0.15, 0.2) is 0 Å². The van der Waals surface area contributed by atoms with Crippen molar-refractivity contribution in [2.45, 2.75) is 479 Å². The van der Waals surface area contributed by atoms with E-state index in [0.717, 1.165) is 69.8 Å². The lowest BCUT2D eigenvalue weighted by Gasteiger charge is -2.05. The molecule has 3 N–H and O–H groups in total.